The van der Waals surface area contributed by atoms with Gasteiger partial charge in [0.2, 0.25) is 0 Å². The normalized spacial score (nSPS) is 10.9. The highest BCUT2D eigenvalue weighted by Crippen LogP contribution is 2.06. The monoisotopic (exact) mass is 225 g/mol. The van der Waals surface area contributed by atoms with Crippen LogP contribution in [0.4, 0.5) is 0 Å². The van der Waals surface area contributed by atoms with E-state index >= 15 is 0 Å². The second-order valence-corrected chi connectivity index (χ2v) is 3.90. The molecule has 0 aromatic carbocycles. The van der Waals surface area contributed by atoms with Crippen molar-refractivity contribution in [3.8, 4) is 0 Å². The zero-order valence-electron chi connectivity index (χ0n) is 11.0. The predicted molar refractivity (Wildman–Crippen MR) is 66.8 cm³/mol. The Kier molecular flexibility index (Phi) is 7.34. The van der Waals surface area contributed by atoms with E-state index in [2.05, 4.69) is 18.3 Å². The molecule has 0 aliphatic rings. The first-order chi connectivity index (χ1) is 7.52. The van der Waals surface area contributed by atoms with Crippen molar-refractivity contribution >= 4 is 5.97 Å². The molecular formula is C13H23NO2. The third-order valence-corrected chi connectivity index (χ3v) is 2.04. The van der Waals surface area contributed by atoms with E-state index in [1.165, 1.54) is 0 Å². The van der Waals surface area contributed by atoms with Crippen molar-refractivity contribution in [3.05, 3.63) is 23.0 Å². The molecule has 0 saturated carbocycles. The van der Waals surface area contributed by atoms with Crippen molar-refractivity contribution in [2.45, 2.75) is 47.5 Å². The molecule has 92 valence electrons. The molecule has 3 heteroatoms. The lowest BCUT2D eigenvalue weighted by Crippen LogP contribution is -2.22. The molecule has 0 fully saturated rings. The standard InChI is InChI=1S/C13H23NO2/c1-6-8-9-11(5)14-12(10(3)4)13(15)16-7-2/h9,14H,6-8H2,1-5H3/b11-9-. The summed E-state index contributed by atoms with van der Waals surface area (Å²) in [6.45, 7) is 10.1. The van der Waals surface area contributed by atoms with E-state index in [1.807, 2.05) is 20.8 Å². The molecule has 1 N–H and O–H groups in total. The summed E-state index contributed by atoms with van der Waals surface area (Å²) in [5.41, 5.74) is 2.47. The molecule has 0 aromatic rings. The molecule has 0 spiro atoms. The van der Waals surface area contributed by atoms with E-state index in [4.69, 9.17) is 4.74 Å². The highest BCUT2D eigenvalue weighted by molar-refractivity contribution is 5.88. The number of rotatable bonds is 6. The van der Waals surface area contributed by atoms with E-state index in [1.54, 1.807) is 6.92 Å². The first-order valence-corrected chi connectivity index (χ1v) is 5.81. The van der Waals surface area contributed by atoms with E-state index < -0.39 is 0 Å². The summed E-state index contributed by atoms with van der Waals surface area (Å²) in [6.07, 6.45) is 4.20. The highest BCUT2D eigenvalue weighted by atomic mass is 16.5. The Morgan fingerprint density at radius 1 is 1.25 bits per heavy atom. The molecule has 0 aromatic heterocycles. The number of carbonyl (C=O) groups is 1. The third kappa shape index (κ3) is 5.59. The molecule has 0 aliphatic heterocycles. The summed E-state index contributed by atoms with van der Waals surface area (Å²) >= 11 is 0. The number of carbonyl (C=O) groups excluding carboxylic acids is 1. The maximum absolute atomic E-state index is 11.6. The molecule has 0 atom stereocenters. The van der Waals surface area contributed by atoms with Gasteiger partial charge in [0.05, 0.1) is 6.61 Å². The van der Waals surface area contributed by atoms with Crippen LogP contribution in [0.1, 0.15) is 47.5 Å². The van der Waals surface area contributed by atoms with Crippen LogP contribution in [-0.2, 0) is 9.53 Å². The highest BCUT2D eigenvalue weighted by Gasteiger charge is 2.11. The first-order valence-electron chi connectivity index (χ1n) is 5.81. The Hall–Kier alpha value is -1.25. The van der Waals surface area contributed by atoms with Gasteiger partial charge in [-0.3, -0.25) is 0 Å². The summed E-state index contributed by atoms with van der Waals surface area (Å²) < 4.78 is 4.98. The van der Waals surface area contributed by atoms with Gasteiger partial charge in [0.1, 0.15) is 5.70 Å². The van der Waals surface area contributed by atoms with E-state index in [-0.39, 0.29) is 5.97 Å². The second kappa shape index (κ2) is 7.97. The van der Waals surface area contributed by atoms with Crippen molar-refractivity contribution in [1.29, 1.82) is 0 Å². The summed E-state index contributed by atoms with van der Waals surface area (Å²) in [5.74, 6) is -0.285. The average Bonchev–Trinajstić information content (AvgIpc) is 2.22. The number of hydrogen-bond donors (Lipinski definition) is 1. The van der Waals surface area contributed by atoms with Gasteiger partial charge in [0.15, 0.2) is 0 Å². The first kappa shape index (κ1) is 14.8. The lowest BCUT2D eigenvalue weighted by Gasteiger charge is -2.12. The van der Waals surface area contributed by atoms with Crippen LogP contribution in [0.25, 0.3) is 0 Å². The Morgan fingerprint density at radius 2 is 1.88 bits per heavy atom. The molecule has 0 radical (unpaired) electrons. The molecular weight excluding hydrogens is 202 g/mol. The van der Waals surface area contributed by atoms with Crippen LogP contribution >= 0.6 is 0 Å². The van der Waals surface area contributed by atoms with Gasteiger partial charge >= 0.3 is 5.97 Å². The smallest absolute Gasteiger partial charge is 0.354 e. The SMILES string of the molecule is CCC/C=C(/C)NC(C(=O)OCC)=C(C)C. The number of ether oxygens (including phenoxy) is 1. The van der Waals surface area contributed by atoms with Gasteiger partial charge in [-0.1, -0.05) is 19.4 Å². The quantitative estimate of drug-likeness (QED) is 0.557. The zero-order chi connectivity index (χ0) is 12.6. The number of allylic oxidation sites excluding steroid dienone is 3. The topological polar surface area (TPSA) is 38.3 Å². The van der Waals surface area contributed by atoms with Crippen molar-refractivity contribution in [2.75, 3.05) is 6.61 Å². The summed E-state index contributed by atoms with van der Waals surface area (Å²) in [5, 5.41) is 3.10. The molecule has 16 heavy (non-hydrogen) atoms. The minimum absolute atomic E-state index is 0.285. The lowest BCUT2D eigenvalue weighted by molar-refractivity contribution is -0.138. The fraction of sp³-hybridized carbons (Fsp3) is 0.615. The van der Waals surface area contributed by atoms with Crippen LogP contribution in [0.3, 0.4) is 0 Å². The van der Waals surface area contributed by atoms with Gasteiger partial charge in [-0.15, -0.1) is 0 Å². The van der Waals surface area contributed by atoms with Crippen molar-refractivity contribution in [1.82, 2.24) is 5.32 Å². The van der Waals surface area contributed by atoms with Crippen LogP contribution in [0.15, 0.2) is 23.0 Å². The van der Waals surface area contributed by atoms with E-state index in [0.717, 1.165) is 24.1 Å². The van der Waals surface area contributed by atoms with E-state index in [0.29, 0.717) is 12.3 Å². The van der Waals surface area contributed by atoms with Crippen LogP contribution in [-0.4, -0.2) is 12.6 Å². The molecule has 3 nitrogen and oxygen atoms in total. The summed E-state index contributed by atoms with van der Waals surface area (Å²) in [7, 11) is 0. The minimum Gasteiger partial charge on any atom is -0.461 e. The number of esters is 1. The Bertz CT molecular complexity index is 286. The average molecular weight is 225 g/mol. The second-order valence-electron chi connectivity index (χ2n) is 3.90. The molecule has 0 unspecified atom stereocenters. The molecule has 0 heterocycles. The Labute approximate surface area is 98.6 Å². The fourth-order valence-corrected chi connectivity index (χ4v) is 1.19. The van der Waals surface area contributed by atoms with Gasteiger partial charge in [-0.05, 0) is 39.7 Å². The van der Waals surface area contributed by atoms with Crippen LogP contribution < -0.4 is 5.32 Å². The van der Waals surface area contributed by atoms with Crippen LogP contribution in [0, 0.1) is 0 Å². The summed E-state index contributed by atoms with van der Waals surface area (Å²) in [6, 6.07) is 0. The molecule has 0 saturated heterocycles. The summed E-state index contributed by atoms with van der Waals surface area (Å²) in [4.78, 5) is 11.6. The number of hydrogen-bond acceptors (Lipinski definition) is 3. The van der Waals surface area contributed by atoms with Gasteiger partial charge < -0.3 is 10.1 Å². The van der Waals surface area contributed by atoms with Crippen LogP contribution in [0.5, 0.6) is 0 Å². The minimum atomic E-state index is -0.285. The van der Waals surface area contributed by atoms with Crippen molar-refractivity contribution < 1.29 is 9.53 Å². The Balaban J connectivity index is 4.60. The van der Waals surface area contributed by atoms with Gasteiger partial charge in [0.25, 0.3) is 0 Å². The van der Waals surface area contributed by atoms with Crippen molar-refractivity contribution in [2.24, 2.45) is 0 Å². The van der Waals surface area contributed by atoms with Gasteiger partial charge in [0, 0.05) is 5.70 Å². The molecule has 0 rings (SSSR count). The van der Waals surface area contributed by atoms with Crippen molar-refractivity contribution in [3.63, 3.8) is 0 Å². The van der Waals surface area contributed by atoms with E-state index in [9.17, 15) is 4.79 Å². The number of nitrogens with one attached hydrogen (secondary N) is 1. The largest absolute Gasteiger partial charge is 0.461 e. The molecule has 0 aliphatic carbocycles. The molecule has 0 amide bonds. The number of unbranched alkanes of at least 4 members (excludes halogenated alkanes) is 1. The van der Waals surface area contributed by atoms with Gasteiger partial charge in [-0.2, -0.15) is 0 Å². The lowest BCUT2D eigenvalue weighted by atomic mass is 10.2. The maximum Gasteiger partial charge on any atom is 0.354 e. The molecule has 0 bridgehead atoms. The zero-order valence-corrected chi connectivity index (χ0v) is 11.0. The van der Waals surface area contributed by atoms with Gasteiger partial charge in [-0.25, -0.2) is 4.79 Å². The Morgan fingerprint density at radius 3 is 2.31 bits per heavy atom. The predicted octanol–water partition coefficient (Wildman–Crippen LogP) is 3.14. The van der Waals surface area contributed by atoms with Crippen LogP contribution in [0.2, 0.25) is 0 Å². The maximum atomic E-state index is 11.6. The fourth-order valence-electron chi connectivity index (χ4n) is 1.19. The third-order valence-electron chi connectivity index (χ3n) is 2.04.